The van der Waals surface area contributed by atoms with E-state index in [2.05, 4.69) is 0 Å². The minimum absolute atomic E-state index is 0.0257. The van der Waals surface area contributed by atoms with Crippen molar-refractivity contribution < 1.29 is 18.8 Å². The molecule has 0 fully saturated rings. The predicted molar refractivity (Wildman–Crippen MR) is 76.4 cm³/mol. The molecule has 1 aromatic carbocycles. The topological polar surface area (TPSA) is 69.4 Å². The van der Waals surface area contributed by atoms with Crippen LogP contribution >= 0.6 is 11.3 Å². The van der Waals surface area contributed by atoms with E-state index in [0.29, 0.717) is 17.7 Å². The van der Waals surface area contributed by atoms with Crippen molar-refractivity contribution in [3.8, 4) is 5.75 Å². The van der Waals surface area contributed by atoms with Crippen LogP contribution in [0.15, 0.2) is 35.7 Å². The van der Waals surface area contributed by atoms with E-state index < -0.39 is 10.7 Å². The maximum atomic E-state index is 13.5. The van der Waals surface area contributed by atoms with Crippen LogP contribution in [0.4, 0.5) is 10.1 Å². The second-order valence-electron chi connectivity index (χ2n) is 4.22. The van der Waals surface area contributed by atoms with Crippen LogP contribution in [0.25, 0.3) is 0 Å². The van der Waals surface area contributed by atoms with Crippen LogP contribution < -0.4 is 4.74 Å². The minimum Gasteiger partial charge on any atom is -0.490 e. The first-order chi connectivity index (χ1) is 10.1. The number of hydrogen-bond acceptors (Lipinski definition) is 5. The molecule has 1 heterocycles. The lowest BCUT2D eigenvalue weighted by Crippen LogP contribution is -2.03. The molecule has 2 rings (SSSR count). The summed E-state index contributed by atoms with van der Waals surface area (Å²) in [6, 6.07) is 6.76. The largest absolute Gasteiger partial charge is 0.490 e. The molecule has 0 spiro atoms. The number of thiophene rings is 1. The number of carbonyl (C=O) groups excluding carboxylic acids is 1. The Balaban J connectivity index is 1.81. The number of hydrogen-bond donors (Lipinski definition) is 0. The summed E-state index contributed by atoms with van der Waals surface area (Å²) in [5.74, 6) is -0.810. The van der Waals surface area contributed by atoms with E-state index in [4.69, 9.17) is 4.74 Å². The molecule has 0 unspecified atom stereocenters. The Hall–Kier alpha value is -2.28. The van der Waals surface area contributed by atoms with Crippen molar-refractivity contribution in [1.82, 2.24) is 0 Å². The summed E-state index contributed by atoms with van der Waals surface area (Å²) < 4.78 is 18.7. The summed E-state index contributed by atoms with van der Waals surface area (Å²) in [6.07, 6.45) is 0.766. The van der Waals surface area contributed by atoms with Crippen molar-refractivity contribution in [2.75, 3.05) is 6.61 Å². The quantitative estimate of drug-likeness (QED) is 0.337. The molecule has 0 aliphatic heterocycles. The zero-order valence-corrected chi connectivity index (χ0v) is 11.8. The highest BCUT2D eigenvalue weighted by Crippen LogP contribution is 2.22. The summed E-state index contributed by atoms with van der Waals surface area (Å²) in [4.78, 5) is 22.2. The van der Waals surface area contributed by atoms with Crippen molar-refractivity contribution in [3.05, 3.63) is 56.5 Å². The molecule has 21 heavy (non-hydrogen) atoms. The number of carbonyl (C=O) groups is 1. The van der Waals surface area contributed by atoms with Crippen molar-refractivity contribution in [1.29, 1.82) is 0 Å². The van der Waals surface area contributed by atoms with Gasteiger partial charge in [-0.25, -0.2) is 4.39 Å². The van der Waals surface area contributed by atoms with Crippen LogP contribution in [0, 0.1) is 15.9 Å². The third-order valence-corrected chi connectivity index (χ3v) is 3.64. The van der Waals surface area contributed by atoms with Crippen molar-refractivity contribution in [2.24, 2.45) is 0 Å². The first-order valence-corrected chi connectivity index (χ1v) is 7.09. The number of Topliss-reactive ketones (excluding diaryl/α,β-unsaturated/α-hetero) is 1. The summed E-state index contributed by atoms with van der Waals surface area (Å²) >= 11 is 1.38. The predicted octanol–water partition coefficient (Wildman–Crippen LogP) is 3.84. The summed E-state index contributed by atoms with van der Waals surface area (Å²) in [7, 11) is 0. The van der Waals surface area contributed by atoms with Gasteiger partial charge in [0.25, 0.3) is 5.69 Å². The Labute approximate surface area is 124 Å². The molecule has 1 aromatic heterocycles. The Bertz CT molecular complexity index is 642. The van der Waals surface area contributed by atoms with Gasteiger partial charge in [-0.05, 0) is 23.9 Å². The molecule has 0 saturated heterocycles. The number of non-ortho nitro benzene ring substituents is 1. The summed E-state index contributed by atoms with van der Waals surface area (Å²) in [5, 5.41) is 12.3. The molecule has 0 N–H and O–H groups in total. The van der Waals surface area contributed by atoms with Gasteiger partial charge in [-0.3, -0.25) is 14.9 Å². The van der Waals surface area contributed by atoms with Crippen LogP contribution in [0.5, 0.6) is 5.75 Å². The average molecular weight is 309 g/mol. The standard InChI is InChI=1S/C14H12FNO4S/c15-11-9-10(16(18)19)5-6-13(11)20-7-1-3-12(17)14-4-2-8-21-14/h2,4-6,8-9H,1,3,7H2. The molecule has 110 valence electrons. The van der Waals surface area contributed by atoms with Gasteiger partial charge in [0.05, 0.1) is 22.5 Å². The van der Waals surface area contributed by atoms with Gasteiger partial charge in [0.15, 0.2) is 17.3 Å². The third-order valence-electron chi connectivity index (χ3n) is 2.73. The van der Waals surface area contributed by atoms with Crippen molar-refractivity contribution >= 4 is 22.8 Å². The fourth-order valence-electron chi connectivity index (χ4n) is 1.70. The molecule has 0 bridgehead atoms. The number of benzene rings is 1. The maximum absolute atomic E-state index is 13.5. The second kappa shape index (κ2) is 6.94. The molecule has 0 aliphatic carbocycles. The van der Waals surface area contributed by atoms with E-state index in [1.54, 1.807) is 12.1 Å². The van der Waals surface area contributed by atoms with E-state index in [1.807, 2.05) is 5.38 Å². The monoisotopic (exact) mass is 309 g/mol. The summed E-state index contributed by atoms with van der Waals surface area (Å²) in [6.45, 7) is 0.172. The zero-order valence-electron chi connectivity index (χ0n) is 11.0. The normalized spacial score (nSPS) is 10.3. The van der Waals surface area contributed by atoms with Gasteiger partial charge >= 0.3 is 0 Å². The molecule has 0 aliphatic rings. The van der Waals surface area contributed by atoms with E-state index in [1.165, 1.54) is 23.5 Å². The Morgan fingerprint density at radius 2 is 2.19 bits per heavy atom. The molecule has 5 nitrogen and oxygen atoms in total. The number of nitro groups is 1. The van der Waals surface area contributed by atoms with Crippen molar-refractivity contribution in [3.63, 3.8) is 0 Å². The van der Waals surface area contributed by atoms with Gasteiger partial charge in [0, 0.05) is 12.5 Å². The first-order valence-electron chi connectivity index (χ1n) is 6.21. The van der Waals surface area contributed by atoms with Crippen LogP contribution in [0.2, 0.25) is 0 Å². The molecular formula is C14H12FNO4S. The minimum atomic E-state index is -0.784. The highest BCUT2D eigenvalue weighted by atomic mass is 32.1. The van der Waals surface area contributed by atoms with Crippen LogP contribution in [-0.4, -0.2) is 17.3 Å². The van der Waals surface area contributed by atoms with Crippen LogP contribution in [0.1, 0.15) is 22.5 Å². The van der Waals surface area contributed by atoms with Crippen molar-refractivity contribution in [2.45, 2.75) is 12.8 Å². The molecule has 0 amide bonds. The van der Waals surface area contributed by atoms with Gasteiger partial charge in [0.1, 0.15) is 0 Å². The van der Waals surface area contributed by atoms with Gasteiger partial charge in [-0.1, -0.05) is 6.07 Å². The number of nitro benzene ring substituents is 1. The smallest absolute Gasteiger partial charge is 0.272 e. The zero-order chi connectivity index (χ0) is 15.2. The molecule has 0 radical (unpaired) electrons. The van der Waals surface area contributed by atoms with Gasteiger partial charge < -0.3 is 4.74 Å². The Morgan fingerprint density at radius 3 is 2.81 bits per heavy atom. The fraction of sp³-hybridized carbons (Fsp3) is 0.214. The number of rotatable bonds is 7. The molecule has 7 heteroatoms. The lowest BCUT2D eigenvalue weighted by molar-refractivity contribution is -0.385. The number of ether oxygens (including phenoxy) is 1. The third kappa shape index (κ3) is 4.09. The number of nitrogens with zero attached hydrogens (tertiary/aromatic N) is 1. The lowest BCUT2D eigenvalue weighted by atomic mass is 10.2. The van der Waals surface area contributed by atoms with E-state index in [9.17, 15) is 19.3 Å². The highest BCUT2D eigenvalue weighted by Gasteiger charge is 2.12. The maximum Gasteiger partial charge on any atom is 0.272 e. The van der Waals surface area contributed by atoms with Crippen LogP contribution in [-0.2, 0) is 0 Å². The van der Waals surface area contributed by atoms with Gasteiger partial charge in [-0.15, -0.1) is 11.3 Å². The van der Waals surface area contributed by atoms with Gasteiger partial charge in [-0.2, -0.15) is 0 Å². The lowest BCUT2D eigenvalue weighted by Gasteiger charge is -2.06. The number of halogens is 1. The van der Waals surface area contributed by atoms with E-state index >= 15 is 0 Å². The SMILES string of the molecule is O=C(CCCOc1ccc([N+](=O)[O-])cc1F)c1cccs1. The van der Waals surface area contributed by atoms with Gasteiger partial charge in [0.2, 0.25) is 0 Å². The Kier molecular flexibility index (Phi) is 4.99. The Morgan fingerprint density at radius 1 is 1.38 bits per heavy atom. The second-order valence-corrected chi connectivity index (χ2v) is 5.17. The average Bonchev–Trinajstić information content (AvgIpc) is 2.98. The fourth-order valence-corrected chi connectivity index (χ4v) is 2.39. The van der Waals surface area contributed by atoms with Crippen LogP contribution in [0.3, 0.4) is 0 Å². The number of ketones is 1. The molecule has 0 saturated carbocycles. The summed E-state index contributed by atoms with van der Waals surface area (Å²) in [5.41, 5.74) is -0.326. The van der Waals surface area contributed by atoms with E-state index in [0.717, 1.165) is 6.07 Å². The molecule has 0 atom stereocenters. The molecular weight excluding hydrogens is 297 g/mol. The highest BCUT2D eigenvalue weighted by molar-refractivity contribution is 7.12. The van der Waals surface area contributed by atoms with E-state index in [-0.39, 0.29) is 23.8 Å². The molecule has 2 aromatic rings. The first kappa shape index (κ1) is 15.1.